The van der Waals surface area contributed by atoms with Gasteiger partial charge in [-0.25, -0.2) is 13.9 Å². The summed E-state index contributed by atoms with van der Waals surface area (Å²) in [6, 6.07) is 22.5. The SMILES string of the molecule is Cc1ccc(-n2nc(C(C)(C)C)cc2NC(=O)Nc2ccc(Oc3ccccc3)cc2F)cc1. The molecule has 0 aliphatic carbocycles. The maximum Gasteiger partial charge on any atom is 0.324 e. The van der Waals surface area contributed by atoms with E-state index in [4.69, 9.17) is 9.84 Å². The number of aryl methyl sites for hydroxylation is 1. The van der Waals surface area contributed by atoms with E-state index in [1.165, 1.54) is 12.1 Å². The lowest BCUT2D eigenvalue weighted by Crippen LogP contribution is -2.22. The van der Waals surface area contributed by atoms with Crippen molar-refractivity contribution < 1.29 is 13.9 Å². The molecule has 0 fully saturated rings. The Kier molecular flexibility index (Phi) is 6.36. The van der Waals surface area contributed by atoms with Gasteiger partial charge in [-0.05, 0) is 43.3 Å². The highest BCUT2D eigenvalue weighted by molar-refractivity contribution is 5.99. The first kappa shape index (κ1) is 23.0. The molecule has 6 nitrogen and oxygen atoms in total. The zero-order valence-electron chi connectivity index (χ0n) is 19.6. The van der Waals surface area contributed by atoms with Crippen LogP contribution in [0.2, 0.25) is 0 Å². The molecule has 0 saturated carbocycles. The van der Waals surface area contributed by atoms with Crippen molar-refractivity contribution in [2.45, 2.75) is 33.1 Å². The van der Waals surface area contributed by atoms with Gasteiger partial charge in [-0.2, -0.15) is 5.10 Å². The third-order valence-electron chi connectivity index (χ3n) is 5.17. The van der Waals surface area contributed by atoms with E-state index in [1.807, 2.05) is 76.2 Å². The Morgan fingerprint density at radius 3 is 2.26 bits per heavy atom. The summed E-state index contributed by atoms with van der Waals surface area (Å²) in [5.74, 6) is 0.808. The Morgan fingerprint density at radius 1 is 0.912 bits per heavy atom. The number of amides is 2. The van der Waals surface area contributed by atoms with Crippen molar-refractivity contribution in [2.24, 2.45) is 0 Å². The maximum atomic E-state index is 14.7. The average molecular weight is 459 g/mol. The molecule has 0 spiro atoms. The highest BCUT2D eigenvalue weighted by Crippen LogP contribution is 2.28. The van der Waals surface area contributed by atoms with E-state index in [9.17, 15) is 9.18 Å². The van der Waals surface area contributed by atoms with E-state index in [-0.39, 0.29) is 11.1 Å². The molecule has 0 atom stereocenters. The molecular formula is C27H27FN4O2. The van der Waals surface area contributed by atoms with Crippen LogP contribution >= 0.6 is 0 Å². The normalized spacial score (nSPS) is 11.2. The van der Waals surface area contributed by atoms with Gasteiger partial charge in [0.2, 0.25) is 0 Å². The lowest BCUT2D eigenvalue weighted by Gasteiger charge is -2.14. The van der Waals surface area contributed by atoms with Crippen LogP contribution in [0, 0.1) is 12.7 Å². The van der Waals surface area contributed by atoms with Crippen LogP contribution in [-0.4, -0.2) is 15.8 Å². The Labute approximate surface area is 198 Å². The van der Waals surface area contributed by atoms with Crippen LogP contribution < -0.4 is 15.4 Å². The summed E-state index contributed by atoms with van der Waals surface area (Å²) in [4.78, 5) is 12.7. The molecule has 0 aliphatic heterocycles. The smallest absolute Gasteiger partial charge is 0.324 e. The minimum absolute atomic E-state index is 0.0374. The summed E-state index contributed by atoms with van der Waals surface area (Å²) in [6.07, 6.45) is 0. The van der Waals surface area contributed by atoms with Gasteiger partial charge in [0, 0.05) is 17.5 Å². The summed E-state index contributed by atoms with van der Waals surface area (Å²) in [5, 5.41) is 10.1. The molecule has 1 aromatic heterocycles. The predicted octanol–water partition coefficient (Wildman–Crippen LogP) is 7.05. The van der Waals surface area contributed by atoms with Gasteiger partial charge >= 0.3 is 6.03 Å². The van der Waals surface area contributed by atoms with Gasteiger partial charge in [0.15, 0.2) is 0 Å². The number of benzene rings is 3. The van der Waals surface area contributed by atoms with Crippen LogP contribution in [0.4, 0.5) is 20.7 Å². The number of nitrogens with zero attached hydrogens (tertiary/aromatic N) is 2. The van der Waals surface area contributed by atoms with Crippen LogP contribution in [0.3, 0.4) is 0 Å². The van der Waals surface area contributed by atoms with Gasteiger partial charge in [-0.3, -0.25) is 5.32 Å². The maximum absolute atomic E-state index is 14.7. The first-order valence-electron chi connectivity index (χ1n) is 11.0. The standard InChI is InChI=1S/C27H27FN4O2/c1-18-10-12-19(13-11-18)32-25(17-24(31-32)27(2,3)4)30-26(33)29-23-15-14-21(16-22(23)28)34-20-8-6-5-7-9-20/h5-17H,1-4H3,(H2,29,30,33). The number of nitrogens with one attached hydrogen (secondary N) is 2. The molecule has 0 unspecified atom stereocenters. The highest BCUT2D eigenvalue weighted by Gasteiger charge is 2.22. The van der Waals surface area contributed by atoms with Crippen molar-refractivity contribution >= 4 is 17.5 Å². The Morgan fingerprint density at radius 2 is 1.62 bits per heavy atom. The van der Waals surface area contributed by atoms with Gasteiger partial charge in [0.05, 0.1) is 17.1 Å². The second-order valence-corrected chi connectivity index (χ2v) is 9.05. The monoisotopic (exact) mass is 458 g/mol. The number of halogens is 1. The van der Waals surface area contributed by atoms with E-state index in [1.54, 1.807) is 22.9 Å². The summed E-state index contributed by atoms with van der Waals surface area (Å²) in [7, 11) is 0. The quantitative estimate of drug-likeness (QED) is 0.337. The van der Waals surface area contributed by atoms with Gasteiger partial charge in [-0.1, -0.05) is 56.7 Å². The lowest BCUT2D eigenvalue weighted by atomic mass is 9.92. The molecule has 0 aliphatic rings. The van der Waals surface area contributed by atoms with Crippen LogP contribution in [0.15, 0.2) is 78.9 Å². The second-order valence-electron chi connectivity index (χ2n) is 9.05. The van der Waals surface area contributed by atoms with Crippen molar-refractivity contribution in [3.05, 3.63) is 95.9 Å². The molecule has 4 rings (SSSR count). The fourth-order valence-corrected chi connectivity index (χ4v) is 3.27. The molecule has 7 heteroatoms. The molecule has 4 aromatic rings. The van der Waals surface area contributed by atoms with Crippen molar-refractivity contribution in [1.29, 1.82) is 0 Å². The van der Waals surface area contributed by atoms with E-state index < -0.39 is 11.8 Å². The minimum atomic E-state index is -0.606. The number of hydrogen-bond donors (Lipinski definition) is 2. The van der Waals surface area contributed by atoms with E-state index in [0.29, 0.717) is 17.3 Å². The third-order valence-corrected chi connectivity index (χ3v) is 5.17. The molecule has 174 valence electrons. The zero-order valence-corrected chi connectivity index (χ0v) is 19.6. The summed E-state index contributed by atoms with van der Waals surface area (Å²) in [6.45, 7) is 8.15. The van der Waals surface area contributed by atoms with E-state index in [2.05, 4.69) is 10.6 Å². The molecule has 0 bridgehead atoms. The van der Waals surface area contributed by atoms with Crippen LogP contribution in [0.5, 0.6) is 11.5 Å². The van der Waals surface area contributed by atoms with Crippen LogP contribution in [0.25, 0.3) is 5.69 Å². The minimum Gasteiger partial charge on any atom is -0.457 e. The first-order valence-corrected chi connectivity index (χ1v) is 11.0. The fourth-order valence-electron chi connectivity index (χ4n) is 3.27. The first-order chi connectivity index (χ1) is 16.2. The number of aromatic nitrogens is 2. The second kappa shape index (κ2) is 9.39. The number of hydrogen-bond acceptors (Lipinski definition) is 3. The number of carbonyl (C=O) groups is 1. The molecule has 1 heterocycles. The van der Waals surface area contributed by atoms with Crippen molar-refractivity contribution in [3.8, 4) is 17.2 Å². The summed E-state index contributed by atoms with van der Waals surface area (Å²) >= 11 is 0. The van der Waals surface area contributed by atoms with Gasteiger partial charge in [-0.15, -0.1) is 0 Å². The van der Waals surface area contributed by atoms with Crippen molar-refractivity contribution in [2.75, 3.05) is 10.6 Å². The Bertz CT molecular complexity index is 1290. The molecule has 34 heavy (non-hydrogen) atoms. The third kappa shape index (κ3) is 5.43. The number of ether oxygens (including phenoxy) is 1. The largest absolute Gasteiger partial charge is 0.457 e. The van der Waals surface area contributed by atoms with Gasteiger partial charge in [0.1, 0.15) is 23.1 Å². The summed E-state index contributed by atoms with van der Waals surface area (Å²) < 4.78 is 22.0. The topological polar surface area (TPSA) is 68.2 Å². The number of rotatable bonds is 5. The lowest BCUT2D eigenvalue weighted by molar-refractivity contribution is 0.262. The number of anilines is 2. The fraction of sp³-hybridized carbons (Fsp3) is 0.185. The molecular weight excluding hydrogens is 431 g/mol. The highest BCUT2D eigenvalue weighted by atomic mass is 19.1. The average Bonchev–Trinajstić information content (AvgIpc) is 3.21. The van der Waals surface area contributed by atoms with Crippen molar-refractivity contribution in [3.63, 3.8) is 0 Å². The number of para-hydroxylation sites is 1. The van der Waals surface area contributed by atoms with E-state index in [0.717, 1.165) is 16.9 Å². The zero-order chi connectivity index (χ0) is 24.3. The van der Waals surface area contributed by atoms with Crippen LogP contribution in [0.1, 0.15) is 32.0 Å². The summed E-state index contributed by atoms with van der Waals surface area (Å²) in [5.41, 5.74) is 2.57. The number of urea groups is 1. The molecule has 0 saturated heterocycles. The molecule has 2 amide bonds. The van der Waals surface area contributed by atoms with Crippen LogP contribution in [-0.2, 0) is 5.41 Å². The van der Waals surface area contributed by atoms with Gasteiger partial charge < -0.3 is 10.1 Å². The number of carbonyl (C=O) groups excluding carboxylic acids is 1. The molecule has 0 radical (unpaired) electrons. The van der Waals surface area contributed by atoms with E-state index >= 15 is 0 Å². The van der Waals surface area contributed by atoms with Crippen molar-refractivity contribution in [1.82, 2.24) is 9.78 Å². The Hall–Kier alpha value is -4.13. The molecule has 2 N–H and O–H groups in total. The van der Waals surface area contributed by atoms with Gasteiger partial charge in [0.25, 0.3) is 0 Å². The predicted molar refractivity (Wildman–Crippen MR) is 133 cm³/mol. The molecule has 3 aromatic carbocycles. The Balaban J connectivity index is 1.52.